The smallest absolute Gasteiger partial charge is 0.253 e. The summed E-state index contributed by atoms with van der Waals surface area (Å²) in [5, 5.41) is 13.1. The predicted octanol–water partition coefficient (Wildman–Crippen LogP) is 1.86. The van der Waals surface area contributed by atoms with Gasteiger partial charge in [0, 0.05) is 30.9 Å². The Balaban J connectivity index is 1.53. The number of nitrogens with one attached hydrogen (secondary N) is 1. The van der Waals surface area contributed by atoms with Crippen LogP contribution in [0.25, 0.3) is 0 Å². The number of piperidine rings is 1. The Morgan fingerprint density at radius 2 is 2.00 bits per heavy atom. The maximum Gasteiger partial charge on any atom is 0.253 e. The van der Waals surface area contributed by atoms with Crippen LogP contribution in [-0.2, 0) is 11.2 Å². The fourth-order valence-electron chi connectivity index (χ4n) is 3.07. The number of aliphatic hydroxyl groups excluding tert-OH is 1. The summed E-state index contributed by atoms with van der Waals surface area (Å²) in [7, 11) is 0. The first kappa shape index (κ1) is 17.4. The molecule has 25 heavy (non-hydrogen) atoms. The van der Waals surface area contributed by atoms with Crippen molar-refractivity contribution in [2.75, 3.05) is 18.0 Å². The molecule has 2 heterocycles. The van der Waals surface area contributed by atoms with Crippen molar-refractivity contribution in [3.63, 3.8) is 0 Å². The van der Waals surface area contributed by atoms with E-state index in [9.17, 15) is 9.90 Å². The van der Waals surface area contributed by atoms with E-state index in [4.69, 9.17) is 0 Å². The molecule has 1 amide bonds. The molecule has 2 N–H and O–H groups in total. The molecule has 0 spiro atoms. The largest absolute Gasteiger partial charge is 0.378 e. The number of hydrogen-bond donors (Lipinski definition) is 2. The third-order valence-electron chi connectivity index (χ3n) is 4.60. The molecule has 1 saturated heterocycles. The zero-order valence-electron chi connectivity index (χ0n) is 14.4. The number of carbonyl (C=O) groups excluding carboxylic acids is 1. The van der Waals surface area contributed by atoms with Gasteiger partial charge in [-0.05, 0) is 24.8 Å². The Hall–Kier alpha value is -2.47. The highest BCUT2D eigenvalue weighted by Crippen LogP contribution is 2.19. The first-order valence-corrected chi connectivity index (χ1v) is 8.76. The lowest BCUT2D eigenvalue weighted by molar-refractivity contribution is -0.130. The third kappa shape index (κ3) is 4.33. The molecule has 1 unspecified atom stereocenters. The second-order valence-corrected chi connectivity index (χ2v) is 6.30. The lowest BCUT2D eigenvalue weighted by atomic mass is 10.0. The maximum atomic E-state index is 12.3. The van der Waals surface area contributed by atoms with E-state index in [1.54, 1.807) is 18.5 Å². The summed E-state index contributed by atoms with van der Waals surface area (Å²) in [4.78, 5) is 23.1. The zero-order valence-corrected chi connectivity index (χ0v) is 14.4. The van der Waals surface area contributed by atoms with Crippen LogP contribution in [0.4, 0.5) is 5.82 Å². The zero-order chi connectivity index (χ0) is 17.6. The summed E-state index contributed by atoms with van der Waals surface area (Å²) in [5.74, 6) is 0.612. The highest BCUT2D eigenvalue weighted by molar-refractivity contribution is 5.82. The molecule has 1 aromatic heterocycles. The number of aromatic nitrogens is 2. The van der Waals surface area contributed by atoms with Crippen molar-refractivity contribution < 1.29 is 9.90 Å². The fraction of sp³-hybridized carbons (Fsp3) is 0.421. The van der Waals surface area contributed by atoms with Gasteiger partial charge in [0.1, 0.15) is 12.1 Å². The van der Waals surface area contributed by atoms with Gasteiger partial charge in [-0.2, -0.15) is 0 Å². The van der Waals surface area contributed by atoms with E-state index in [-0.39, 0.29) is 11.9 Å². The normalized spacial score (nSPS) is 16.5. The number of aryl methyl sites for hydroxylation is 1. The minimum absolute atomic E-state index is 0.0783. The van der Waals surface area contributed by atoms with Gasteiger partial charge in [0.2, 0.25) is 0 Å². The minimum atomic E-state index is -1.12. The predicted molar refractivity (Wildman–Crippen MR) is 96.2 cm³/mol. The molecule has 2 aromatic rings. The van der Waals surface area contributed by atoms with Gasteiger partial charge in [-0.3, -0.25) is 4.79 Å². The van der Waals surface area contributed by atoms with Crippen molar-refractivity contribution >= 4 is 11.7 Å². The molecule has 1 fully saturated rings. The first-order chi connectivity index (χ1) is 12.2. The minimum Gasteiger partial charge on any atom is -0.378 e. The quantitative estimate of drug-likeness (QED) is 0.869. The van der Waals surface area contributed by atoms with E-state index in [1.807, 2.05) is 24.3 Å². The number of rotatable bonds is 5. The monoisotopic (exact) mass is 340 g/mol. The van der Waals surface area contributed by atoms with E-state index in [1.165, 1.54) is 0 Å². The molecule has 6 nitrogen and oxygen atoms in total. The van der Waals surface area contributed by atoms with Crippen molar-refractivity contribution in [2.45, 2.75) is 38.3 Å². The Labute approximate surface area is 147 Å². The lowest BCUT2D eigenvalue weighted by Crippen LogP contribution is -2.46. The molecule has 132 valence electrons. The summed E-state index contributed by atoms with van der Waals surface area (Å²) in [5.41, 5.74) is 1.65. The Morgan fingerprint density at radius 1 is 1.28 bits per heavy atom. The fourth-order valence-corrected chi connectivity index (χ4v) is 3.07. The molecule has 0 saturated carbocycles. The molecule has 1 aliphatic rings. The van der Waals surface area contributed by atoms with Gasteiger partial charge < -0.3 is 15.3 Å². The average molecular weight is 340 g/mol. The molecule has 1 atom stereocenters. The van der Waals surface area contributed by atoms with E-state index in [0.717, 1.165) is 43.9 Å². The van der Waals surface area contributed by atoms with Crippen molar-refractivity contribution in [2.24, 2.45) is 0 Å². The van der Waals surface area contributed by atoms with E-state index in [0.29, 0.717) is 5.56 Å². The van der Waals surface area contributed by atoms with Crippen LogP contribution < -0.4 is 10.2 Å². The molecule has 6 heteroatoms. The van der Waals surface area contributed by atoms with E-state index >= 15 is 0 Å². The van der Waals surface area contributed by atoms with Gasteiger partial charge in [-0.1, -0.05) is 37.3 Å². The number of nitrogens with zero attached hydrogens (tertiary/aromatic N) is 3. The lowest BCUT2D eigenvalue weighted by Gasteiger charge is -2.33. The summed E-state index contributed by atoms with van der Waals surface area (Å²) < 4.78 is 0. The van der Waals surface area contributed by atoms with E-state index in [2.05, 4.69) is 27.1 Å². The number of amides is 1. The van der Waals surface area contributed by atoms with Gasteiger partial charge in [0.05, 0.1) is 0 Å². The van der Waals surface area contributed by atoms with Crippen LogP contribution in [0.15, 0.2) is 42.7 Å². The average Bonchev–Trinajstić information content (AvgIpc) is 2.68. The van der Waals surface area contributed by atoms with Crippen molar-refractivity contribution in [1.29, 1.82) is 0 Å². The SMILES string of the molecule is CCc1cc(N2CCC(NC(=O)C(O)c3ccccc3)CC2)ncn1. The van der Waals surface area contributed by atoms with Gasteiger partial charge in [0.15, 0.2) is 6.10 Å². The van der Waals surface area contributed by atoms with Gasteiger partial charge in [-0.25, -0.2) is 9.97 Å². The molecule has 1 aromatic carbocycles. The molecule has 0 aliphatic carbocycles. The van der Waals surface area contributed by atoms with Crippen molar-refractivity contribution in [1.82, 2.24) is 15.3 Å². The number of benzene rings is 1. The standard InChI is InChI=1S/C19H24N4O2/c1-2-15-12-17(21-13-20-15)23-10-8-16(9-11-23)22-19(25)18(24)14-6-4-3-5-7-14/h3-7,12-13,16,18,24H,2,8-11H2,1H3,(H,22,25). The van der Waals surface area contributed by atoms with E-state index < -0.39 is 6.10 Å². The number of carbonyl (C=O) groups is 1. The molecular formula is C19H24N4O2. The van der Waals surface area contributed by atoms with Gasteiger partial charge in [-0.15, -0.1) is 0 Å². The summed E-state index contributed by atoms with van der Waals surface area (Å²) in [6.07, 6.45) is 3.04. The molecule has 0 radical (unpaired) electrons. The topological polar surface area (TPSA) is 78.4 Å². The maximum absolute atomic E-state index is 12.3. The van der Waals surface area contributed by atoms with Crippen LogP contribution in [0.1, 0.15) is 37.1 Å². The second kappa shape index (κ2) is 8.07. The molecular weight excluding hydrogens is 316 g/mol. The molecule has 3 rings (SSSR count). The Kier molecular flexibility index (Phi) is 5.60. The van der Waals surface area contributed by atoms with Crippen molar-refractivity contribution in [3.05, 3.63) is 54.0 Å². The molecule has 1 aliphatic heterocycles. The highest BCUT2D eigenvalue weighted by Gasteiger charge is 2.25. The van der Waals surface area contributed by atoms with Crippen LogP contribution in [0.5, 0.6) is 0 Å². The van der Waals surface area contributed by atoms with Gasteiger partial charge in [0.25, 0.3) is 5.91 Å². The van der Waals surface area contributed by atoms with Crippen LogP contribution in [0.2, 0.25) is 0 Å². The van der Waals surface area contributed by atoms with Crippen molar-refractivity contribution in [3.8, 4) is 0 Å². The van der Waals surface area contributed by atoms with Crippen LogP contribution in [0.3, 0.4) is 0 Å². The van der Waals surface area contributed by atoms with Crippen LogP contribution >= 0.6 is 0 Å². The number of aliphatic hydroxyl groups is 1. The first-order valence-electron chi connectivity index (χ1n) is 8.76. The van der Waals surface area contributed by atoms with Crippen LogP contribution in [0, 0.1) is 0 Å². The second-order valence-electron chi connectivity index (χ2n) is 6.30. The van der Waals surface area contributed by atoms with Gasteiger partial charge >= 0.3 is 0 Å². The Bertz CT molecular complexity index is 700. The third-order valence-corrected chi connectivity index (χ3v) is 4.60. The summed E-state index contributed by atoms with van der Waals surface area (Å²) in [6.45, 7) is 3.73. The highest BCUT2D eigenvalue weighted by atomic mass is 16.3. The Morgan fingerprint density at radius 3 is 2.68 bits per heavy atom. The number of hydrogen-bond acceptors (Lipinski definition) is 5. The summed E-state index contributed by atoms with van der Waals surface area (Å²) in [6, 6.07) is 11.1. The van der Waals surface area contributed by atoms with Crippen LogP contribution in [-0.4, -0.2) is 40.1 Å². The summed E-state index contributed by atoms with van der Waals surface area (Å²) >= 11 is 0. The molecule has 0 bridgehead atoms. The number of anilines is 1.